The number of likely N-dealkylation sites (tertiary alicyclic amines) is 1. The highest BCUT2D eigenvalue weighted by atomic mass is 16.3. The van der Waals surface area contributed by atoms with Crippen molar-refractivity contribution in [3.63, 3.8) is 0 Å². The van der Waals surface area contributed by atoms with E-state index < -0.39 is 0 Å². The van der Waals surface area contributed by atoms with Crippen LogP contribution in [-0.4, -0.2) is 83.3 Å². The Bertz CT molecular complexity index is 337. The summed E-state index contributed by atoms with van der Waals surface area (Å²) in [6, 6.07) is 2.86. The molecule has 1 atom stereocenters. The second kappa shape index (κ2) is 7.61. The summed E-state index contributed by atoms with van der Waals surface area (Å²) >= 11 is 0. The highest BCUT2D eigenvalue weighted by molar-refractivity contribution is 4.93. The molecule has 0 aromatic carbocycles. The van der Waals surface area contributed by atoms with E-state index in [1.807, 2.05) is 0 Å². The Hall–Kier alpha value is -0.160. The third-order valence-corrected chi connectivity index (χ3v) is 6.31. The molecule has 0 bridgehead atoms. The predicted octanol–water partition coefficient (Wildman–Crippen LogP) is 1.78. The van der Waals surface area contributed by atoms with Crippen molar-refractivity contribution >= 4 is 0 Å². The Balaban J connectivity index is 1.55. The Morgan fingerprint density at radius 1 is 0.955 bits per heavy atom. The van der Waals surface area contributed by atoms with Crippen molar-refractivity contribution in [1.82, 2.24) is 14.7 Å². The molecule has 4 heteroatoms. The first kappa shape index (κ1) is 16.7. The summed E-state index contributed by atoms with van der Waals surface area (Å²) in [6.45, 7) is 11.1. The number of aliphatic hydroxyl groups excluding tert-OH is 1. The summed E-state index contributed by atoms with van der Waals surface area (Å²) in [5, 5.41) is 9.49. The zero-order valence-corrected chi connectivity index (χ0v) is 14.6. The molecule has 3 fully saturated rings. The van der Waals surface area contributed by atoms with Crippen molar-refractivity contribution < 1.29 is 5.11 Å². The van der Waals surface area contributed by atoms with Gasteiger partial charge >= 0.3 is 0 Å². The highest BCUT2D eigenvalue weighted by Gasteiger charge is 2.36. The zero-order valence-electron chi connectivity index (χ0n) is 14.6. The van der Waals surface area contributed by atoms with E-state index in [1.54, 1.807) is 0 Å². The van der Waals surface area contributed by atoms with Crippen molar-refractivity contribution in [3.05, 3.63) is 0 Å². The fraction of sp³-hybridized carbons (Fsp3) is 1.00. The maximum atomic E-state index is 9.49. The van der Waals surface area contributed by atoms with Crippen LogP contribution in [0.25, 0.3) is 0 Å². The molecule has 1 aliphatic carbocycles. The quantitative estimate of drug-likeness (QED) is 0.838. The molecule has 1 saturated carbocycles. The van der Waals surface area contributed by atoms with Crippen LogP contribution in [-0.2, 0) is 0 Å². The summed E-state index contributed by atoms with van der Waals surface area (Å²) in [7, 11) is 0. The smallest absolute Gasteiger partial charge is 0.0446 e. The lowest BCUT2D eigenvalue weighted by atomic mass is 9.89. The minimum Gasteiger partial charge on any atom is -0.396 e. The highest BCUT2D eigenvalue weighted by Crippen LogP contribution is 2.30. The lowest BCUT2D eigenvalue weighted by molar-refractivity contribution is -0.0224. The fourth-order valence-corrected chi connectivity index (χ4v) is 4.60. The van der Waals surface area contributed by atoms with Gasteiger partial charge < -0.3 is 10.0 Å². The van der Waals surface area contributed by atoms with Crippen molar-refractivity contribution in [2.24, 2.45) is 0 Å². The van der Waals surface area contributed by atoms with Crippen LogP contribution in [0.1, 0.15) is 52.4 Å². The molecule has 2 aliphatic heterocycles. The summed E-state index contributed by atoms with van der Waals surface area (Å²) in [6.07, 6.45) is 7.79. The maximum absolute atomic E-state index is 9.49. The van der Waals surface area contributed by atoms with Gasteiger partial charge in [-0.25, -0.2) is 0 Å². The van der Waals surface area contributed by atoms with Gasteiger partial charge in [-0.05, 0) is 59.0 Å². The summed E-state index contributed by atoms with van der Waals surface area (Å²) < 4.78 is 0. The lowest BCUT2D eigenvalue weighted by Crippen LogP contribution is -2.61. The minimum absolute atomic E-state index is 0.338. The standard InChI is InChI=1S/C18H35N3O/c1-15(2)19-9-6-17(7-10-19)21-12-11-20(16-4-3-5-16)14-18(21)8-13-22/h15-18,22H,3-14H2,1-2H3/t18-/m1/s1. The third kappa shape index (κ3) is 3.66. The number of nitrogens with zero attached hydrogens (tertiary/aromatic N) is 3. The van der Waals surface area contributed by atoms with Gasteiger partial charge in [-0.3, -0.25) is 9.80 Å². The second-order valence-electron chi connectivity index (χ2n) is 7.84. The molecular weight excluding hydrogens is 274 g/mol. The van der Waals surface area contributed by atoms with E-state index in [0.717, 1.165) is 18.5 Å². The summed E-state index contributed by atoms with van der Waals surface area (Å²) in [5.74, 6) is 0. The molecule has 4 nitrogen and oxygen atoms in total. The first-order valence-corrected chi connectivity index (χ1v) is 9.53. The largest absolute Gasteiger partial charge is 0.396 e. The van der Waals surface area contributed by atoms with Crippen LogP contribution < -0.4 is 0 Å². The Morgan fingerprint density at radius 3 is 2.23 bits per heavy atom. The van der Waals surface area contributed by atoms with Crippen LogP contribution >= 0.6 is 0 Å². The van der Waals surface area contributed by atoms with Crippen LogP contribution in [0.2, 0.25) is 0 Å². The molecule has 0 unspecified atom stereocenters. The van der Waals surface area contributed by atoms with Gasteiger partial charge in [0.15, 0.2) is 0 Å². The average Bonchev–Trinajstić information content (AvgIpc) is 2.46. The third-order valence-electron chi connectivity index (χ3n) is 6.31. The van der Waals surface area contributed by atoms with Crippen LogP contribution in [0.5, 0.6) is 0 Å². The van der Waals surface area contributed by atoms with Crippen molar-refractivity contribution in [2.75, 3.05) is 39.3 Å². The van der Waals surface area contributed by atoms with Gasteiger partial charge in [-0.2, -0.15) is 0 Å². The summed E-state index contributed by atoms with van der Waals surface area (Å²) in [5.41, 5.74) is 0. The van der Waals surface area contributed by atoms with Gasteiger partial charge in [0.25, 0.3) is 0 Å². The van der Waals surface area contributed by atoms with Gasteiger partial charge in [0, 0.05) is 50.4 Å². The SMILES string of the molecule is CC(C)N1CCC(N2CCN(C3CCC3)C[C@H]2CCO)CC1. The first-order chi connectivity index (χ1) is 10.7. The number of rotatable bonds is 5. The van der Waals surface area contributed by atoms with Crippen LogP contribution in [0.3, 0.4) is 0 Å². The summed E-state index contributed by atoms with van der Waals surface area (Å²) in [4.78, 5) is 8.08. The molecule has 0 aromatic heterocycles. The molecule has 1 N–H and O–H groups in total. The Morgan fingerprint density at radius 2 is 1.68 bits per heavy atom. The minimum atomic E-state index is 0.338. The number of piperazine rings is 1. The zero-order chi connectivity index (χ0) is 15.5. The van der Waals surface area contributed by atoms with Crippen LogP contribution in [0, 0.1) is 0 Å². The maximum Gasteiger partial charge on any atom is 0.0446 e. The van der Waals surface area contributed by atoms with E-state index in [0.29, 0.717) is 18.7 Å². The van der Waals surface area contributed by atoms with Gasteiger partial charge in [0.1, 0.15) is 0 Å². The van der Waals surface area contributed by atoms with Crippen molar-refractivity contribution in [2.45, 2.75) is 76.5 Å². The molecule has 3 rings (SSSR count). The van der Waals surface area contributed by atoms with Crippen LogP contribution in [0.4, 0.5) is 0 Å². The van der Waals surface area contributed by atoms with E-state index >= 15 is 0 Å². The van der Waals surface area contributed by atoms with Gasteiger partial charge in [-0.15, -0.1) is 0 Å². The number of hydrogen-bond donors (Lipinski definition) is 1. The Labute approximate surface area is 136 Å². The van der Waals surface area contributed by atoms with Crippen LogP contribution in [0.15, 0.2) is 0 Å². The molecule has 3 aliphatic rings. The van der Waals surface area contributed by atoms with E-state index in [9.17, 15) is 5.11 Å². The van der Waals surface area contributed by atoms with E-state index in [-0.39, 0.29) is 0 Å². The molecule has 2 heterocycles. The number of piperidine rings is 1. The predicted molar refractivity (Wildman–Crippen MR) is 91.1 cm³/mol. The van der Waals surface area contributed by atoms with E-state index in [2.05, 4.69) is 28.5 Å². The average molecular weight is 309 g/mol. The molecule has 2 saturated heterocycles. The second-order valence-corrected chi connectivity index (χ2v) is 7.84. The molecule has 128 valence electrons. The van der Waals surface area contributed by atoms with Gasteiger partial charge in [-0.1, -0.05) is 6.42 Å². The van der Waals surface area contributed by atoms with E-state index in [1.165, 1.54) is 64.8 Å². The monoisotopic (exact) mass is 309 g/mol. The fourth-order valence-electron chi connectivity index (χ4n) is 4.60. The molecule has 0 radical (unpaired) electrons. The molecule has 0 amide bonds. The molecule has 0 aromatic rings. The number of aliphatic hydroxyl groups is 1. The molecule has 22 heavy (non-hydrogen) atoms. The first-order valence-electron chi connectivity index (χ1n) is 9.53. The van der Waals surface area contributed by atoms with Crippen molar-refractivity contribution in [1.29, 1.82) is 0 Å². The normalized spacial score (nSPS) is 30.8. The van der Waals surface area contributed by atoms with Crippen molar-refractivity contribution in [3.8, 4) is 0 Å². The topological polar surface area (TPSA) is 30.0 Å². The lowest BCUT2D eigenvalue weighted by Gasteiger charge is -2.51. The van der Waals surface area contributed by atoms with Gasteiger partial charge in [0.2, 0.25) is 0 Å². The molecule has 0 spiro atoms. The number of hydrogen-bond acceptors (Lipinski definition) is 4. The Kier molecular flexibility index (Phi) is 5.77. The molecular formula is C18H35N3O. The van der Waals surface area contributed by atoms with Gasteiger partial charge in [0.05, 0.1) is 0 Å². The van der Waals surface area contributed by atoms with E-state index in [4.69, 9.17) is 0 Å².